The van der Waals surface area contributed by atoms with E-state index in [9.17, 15) is 14.4 Å². The third kappa shape index (κ3) is 6.55. The monoisotopic (exact) mass is 394 g/mol. The average molecular weight is 394 g/mol. The highest BCUT2D eigenvalue weighted by molar-refractivity contribution is 8.00. The fourth-order valence-corrected chi connectivity index (χ4v) is 3.43. The summed E-state index contributed by atoms with van der Waals surface area (Å²) in [7, 11) is 0. The third-order valence-electron chi connectivity index (χ3n) is 3.87. The number of carbonyl (C=O) groups excluding carboxylic acids is 3. The molecule has 1 fully saturated rings. The molecule has 8 heteroatoms. The second-order valence-electron chi connectivity index (χ2n) is 6.49. The quantitative estimate of drug-likeness (QED) is 0.560. The standard InChI is InChI=1S/C19H26N2O5S/c1-13(2)20-17(22)12-27-16-7-5-4-6-15(16)19(24)26-14(3)18(23)21-8-10-25-11-9-21/h4-7,13-14H,8-12H2,1-3H3,(H,20,22). The van der Waals surface area contributed by atoms with E-state index in [2.05, 4.69) is 5.32 Å². The molecule has 1 aromatic rings. The highest BCUT2D eigenvalue weighted by Crippen LogP contribution is 2.23. The molecule has 7 nitrogen and oxygen atoms in total. The number of amides is 2. The molecule has 0 saturated carbocycles. The van der Waals surface area contributed by atoms with Crippen molar-refractivity contribution in [3.8, 4) is 0 Å². The molecule has 0 aliphatic carbocycles. The summed E-state index contributed by atoms with van der Waals surface area (Å²) >= 11 is 1.26. The second kappa shape index (κ2) is 10.3. The van der Waals surface area contributed by atoms with Gasteiger partial charge in [-0.25, -0.2) is 4.79 Å². The smallest absolute Gasteiger partial charge is 0.340 e. The molecular formula is C19H26N2O5S. The fraction of sp³-hybridized carbons (Fsp3) is 0.526. The molecule has 0 aromatic heterocycles. The van der Waals surface area contributed by atoms with Crippen LogP contribution in [0.25, 0.3) is 0 Å². The van der Waals surface area contributed by atoms with Gasteiger partial charge in [-0.2, -0.15) is 0 Å². The lowest BCUT2D eigenvalue weighted by Crippen LogP contribution is -2.46. The van der Waals surface area contributed by atoms with Gasteiger partial charge in [-0.05, 0) is 32.9 Å². The number of hydrogen-bond donors (Lipinski definition) is 1. The summed E-state index contributed by atoms with van der Waals surface area (Å²) in [6, 6.07) is 6.98. The van der Waals surface area contributed by atoms with Gasteiger partial charge in [0.25, 0.3) is 5.91 Å². The van der Waals surface area contributed by atoms with Gasteiger partial charge in [-0.1, -0.05) is 12.1 Å². The van der Waals surface area contributed by atoms with Crippen molar-refractivity contribution in [3.05, 3.63) is 29.8 Å². The van der Waals surface area contributed by atoms with Gasteiger partial charge in [0.05, 0.1) is 24.5 Å². The number of benzene rings is 1. The normalized spacial score (nSPS) is 15.3. The summed E-state index contributed by atoms with van der Waals surface area (Å²) in [5.41, 5.74) is 0.349. The number of nitrogens with one attached hydrogen (secondary N) is 1. The molecule has 1 atom stereocenters. The summed E-state index contributed by atoms with van der Waals surface area (Å²) in [6.45, 7) is 7.33. The van der Waals surface area contributed by atoms with Crippen LogP contribution in [0.5, 0.6) is 0 Å². The maximum atomic E-state index is 12.6. The van der Waals surface area contributed by atoms with E-state index in [0.29, 0.717) is 36.8 Å². The SMILES string of the molecule is CC(C)NC(=O)CSc1ccccc1C(=O)OC(C)C(=O)N1CCOCC1. The lowest BCUT2D eigenvalue weighted by molar-refractivity contribution is -0.143. The highest BCUT2D eigenvalue weighted by Gasteiger charge is 2.26. The van der Waals surface area contributed by atoms with Crippen LogP contribution in [0, 0.1) is 0 Å². The lowest BCUT2D eigenvalue weighted by Gasteiger charge is -2.29. The Balaban J connectivity index is 1.97. The number of carbonyl (C=O) groups is 3. The van der Waals surface area contributed by atoms with E-state index < -0.39 is 12.1 Å². The van der Waals surface area contributed by atoms with E-state index in [1.165, 1.54) is 11.8 Å². The molecule has 1 saturated heterocycles. The van der Waals surface area contributed by atoms with Crippen LogP contribution in [0.15, 0.2) is 29.2 Å². The summed E-state index contributed by atoms with van der Waals surface area (Å²) in [5, 5.41) is 2.81. The first-order valence-corrected chi connectivity index (χ1v) is 9.95. The lowest BCUT2D eigenvalue weighted by atomic mass is 10.2. The van der Waals surface area contributed by atoms with Crippen molar-refractivity contribution in [1.82, 2.24) is 10.2 Å². The molecule has 1 aromatic carbocycles. The van der Waals surface area contributed by atoms with Gasteiger partial charge in [0.1, 0.15) is 0 Å². The van der Waals surface area contributed by atoms with Crippen molar-refractivity contribution >= 4 is 29.5 Å². The summed E-state index contributed by atoms with van der Waals surface area (Å²) in [6.07, 6.45) is -0.877. The summed E-state index contributed by atoms with van der Waals surface area (Å²) in [5.74, 6) is -0.705. The highest BCUT2D eigenvalue weighted by atomic mass is 32.2. The molecule has 1 heterocycles. The van der Waals surface area contributed by atoms with Crippen molar-refractivity contribution in [1.29, 1.82) is 0 Å². The van der Waals surface area contributed by atoms with Gasteiger partial charge in [-0.3, -0.25) is 9.59 Å². The van der Waals surface area contributed by atoms with E-state index in [-0.39, 0.29) is 23.6 Å². The number of thioether (sulfide) groups is 1. The Morgan fingerprint density at radius 3 is 2.52 bits per heavy atom. The number of nitrogens with zero attached hydrogens (tertiary/aromatic N) is 1. The van der Waals surface area contributed by atoms with E-state index in [1.807, 2.05) is 13.8 Å². The molecule has 148 valence electrons. The Morgan fingerprint density at radius 2 is 1.85 bits per heavy atom. The number of morpholine rings is 1. The Hall–Kier alpha value is -2.06. The number of rotatable bonds is 7. The van der Waals surface area contributed by atoms with E-state index in [1.54, 1.807) is 36.1 Å². The van der Waals surface area contributed by atoms with Crippen LogP contribution in [0.2, 0.25) is 0 Å². The largest absolute Gasteiger partial charge is 0.449 e. The predicted octanol–water partition coefficient (Wildman–Crippen LogP) is 1.71. The van der Waals surface area contributed by atoms with E-state index in [0.717, 1.165) is 0 Å². The van der Waals surface area contributed by atoms with Crippen molar-refractivity contribution < 1.29 is 23.9 Å². The first-order valence-electron chi connectivity index (χ1n) is 8.97. The van der Waals surface area contributed by atoms with Crippen LogP contribution in [0.1, 0.15) is 31.1 Å². The molecule has 1 aliphatic rings. The topological polar surface area (TPSA) is 84.9 Å². The van der Waals surface area contributed by atoms with Crippen molar-refractivity contribution in [2.24, 2.45) is 0 Å². The van der Waals surface area contributed by atoms with Crippen LogP contribution < -0.4 is 5.32 Å². The number of hydrogen-bond acceptors (Lipinski definition) is 6. The van der Waals surface area contributed by atoms with Crippen molar-refractivity contribution in [2.45, 2.75) is 37.8 Å². The molecular weight excluding hydrogens is 368 g/mol. The van der Waals surface area contributed by atoms with E-state index >= 15 is 0 Å². The fourth-order valence-electron chi connectivity index (χ4n) is 2.58. The molecule has 1 N–H and O–H groups in total. The van der Waals surface area contributed by atoms with Gasteiger partial charge >= 0.3 is 5.97 Å². The van der Waals surface area contributed by atoms with Crippen LogP contribution >= 0.6 is 11.8 Å². The van der Waals surface area contributed by atoms with Crippen molar-refractivity contribution in [3.63, 3.8) is 0 Å². The Labute approximate surface area is 163 Å². The minimum absolute atomic E-state index is 0.0605. The molecule has 0 bridgehead atoms. The molecule has 1 unspecified atom stereocenters. The number of ether oxygens (including phenoxy) is 2. The van der Waals surface area contributed by atoms with Gasteiger partial charge < -0.3 is 19.7 Å². The van der Waals surface area contributed by atoms with Crippen LogP contribution in [0.4, 0.5) is 0 Å². The second-order valence-corrected chi connectivity index (χ2v) is 7.51. The molecule has 2 amide bonds. The van der Waals surface area contributed by atoms with Crippen molar-refractivity contribution in [2.75, 3.05) is 32.1 Å². The third-order valence-corrected chi connectivity index (χ3v) is 4.94. The minimum Gasteiger partial charge on any atom is -0.449 e. The maximum Gasteiger partial charge on any atom is 0.340 e. The van der Waals surface area contributed by atoms with Crippen LogP contribution in [-0.2, 0) is 19.1 Å². The molecule has 27 heavy (non-hydrogen) atoms. The van der Waals surface area contributed by atoms with E-state index in [4.69, 9.17) is 9.47 Å². The van der Waals surface area contributed by atoms with Gasteiger partial charge in [0, 0.05) is 24.0 Å². The van der Waals surface area contributed by atoms with Gasteiger partial charge in [-0.15, -0.1) is 11.8 Å². The Kier molecular flexibility index (Phi) is 8.12. The maximum absolute atomic E-state index is 12.6. The zero-order valence-electron chi connectivity index (χ0n) is 15.9. The molecule has 1 aliphatic heterocycles. The van der Waals surface area contributed by atoms with Gasteiger partial charge in [0.2, 0.25) is 5.91 Å². The minimum atomic E-state index is -0.877. The first kappa shape index (κ1) is 21.2. The zero-order chi connectivity index (χ0) is 19.8. The predicted molar refractivity (Wildman–Crippen MR) is 103 cm³/mol. The summed E-state index contributed by atoms with van der Waals surface area (Å²) in [4.78, 5) is 39.1. The molecule has 2 rings (SSSR count). The molecule has 0 radical (unpaired) electrons. The zero-order valence-corrected chi connectivity index (χ0v) is 16.7. The average Bonchev–Trinajstić information content (AvgIpc) is 2.66. The molecule has 0 spiro atoms. The van der Waals surface area contributed by atoms with Crippen LogP contribution in [0.3, 0.4) is 0 Å². The number of esters is 1. The Morgan fingerprint density at radius 1 is 1.19 bits per heavy atom. The van der Waals surface area contributed by atoms with Gasteiger partial charge in [0.15, 0.2) is 6.10 Å². The van der Waals surface area contributed by atoms with Crippen LogP contribution in [-0.4, -0.2) is 66.9 Å². The summed E-state index contributed by atoms with van der Waals surface area (Å²) < 4.78 is 10.6. The Bertz CT molecular complexity index is 674. The first-order chi connectivity index (χ1) is 12.9.